The molecule has 1 saturated heterocycles. The summed E-state index contributed by atoms with van der Waals surface area (Å²) in [4.78, 5) is 7.14. The zero-order valence-corrected chi connectivity index (χ0v) is 16.7. The lowest BCUT2D eigenvalue weighted by Crippen LogP contribution is -2.34. The first-order chi connectivity index (χ1) is 13.7. The molecule has 0 atom stereocenters. The highest BCUT2D eigenvalue weighted by Gasteiger charge is 2.20. The van der Waals surface area contributed by atoms with Crippen molar-refractivity contribution in [2.24, 2.45) is 11.1 Å². The number of rotatable bonds is 8. The van der Waals surface area contributed by atoms with Crippen molar-refractivity contribution < 1.29 is 14.7 Å². The first-order valence-electron chi connectivity index (χ1n) is 9.51. The lowest BCUT2D eigenvalue weighted by Gasteiger charge is -2.32. The number of hydrogen-bond donors (Lipinski definition) is 1. The Balaban J connectivity index is 1.41. The maximum atomic E-state index is 10.0. The van der Waals surface area contributed by atoms with E-state index in [-0.39, 0.29) is 5.75 Å². The number of anilines is 1. The van der Waals surface area contributed by atoms with E-state index in [0.717, 1.165) is 38.2 Å². The Labute approximate surface area is 169 Å². The average molecular weight is 405 g/mol. The molecule has 0 spiro atoms. The summed E-state index contributed by atoms with van der Waals surface area (Å²) < 4.78 is 5.81. The maximum absolute atomic E-state index is 10.0. The first-order valence-corrected chi connectivity index (χ1v) is 9.89. The monoisotopic (exact) mass is 404 g/mol. The minimum Gasteiger partial charge on any atom is -0.507 e. The van der Waals surface area contributed by atoms with Crippen LogP contribution >= 0.6 is 11.6 Å². The van der Waals surface area contributed by atoms with Crippen LogP contribution in [0.15, 0.2) is 35.5 Å². The summed E-state index contributed by atoms with van der Waals surface area (Å²) in [6, 6.07) is 8.88. The van der Waals surface area contributed by atoms with Crippen molar-refractivity contribution in [3.63, 3.8) is 0 Å². The van der Waals surface area contributed by atoms with Crippen molar-refractivity contribution in [3.8, 4) is 11.5 Å². The lowest BCUT2D eigenvalue weighted by atomic mass is 9.94. The summed E-state index contributed by atoms with van der Waals surface area (Å²) >= 11 is 5.79. The second-order valence-corrected chi connectivity index (χ2v) is 7.04. The Morgan fingerprint density at radius 3 is 2.75 bits per heavy atom. The van der Waals surface area contributed by atoms with Gasteiger partial charge in [0, 0.05) is 24.7 Å². The van der Waals surface area contributed by atoms with E-state index in [2.05, 4.69) is 20.3 Å². The van der Waals surface area contributed by atoms with Crippen molar-refractivity contribution in [2.75, 3.05) is 31.2 Å². The molecule has 7 nitrogen and oxygen atoms in total. The number of phenols is 1. The second-order valence-electron chi connectivity index (χ2n) is 6.65. The molecule has 1 aromatic carbocycles. The van der Waals surface area contributed by atoms with Crippen molar-refractivity contribution in [2.45, 2.75) is 26.2 Å². The summed E-state index contributed by atoms with van der Waals surface area (Å²) in [5.74, 6) is 2.27. The number of benzene rings is 1. The third-order valence-electron chi connectivity index (χ3n) is 4.75. The molecule has 0 saturated carbocycles. The zero-order valence-electron chi connectivity index (χ0n) is 15.9. The minimum absolute atomic E-state index is 0.123. The van der Waals surface area contributed by atoms with Crippen LogP contribution in [0, 0.1) is 5.92 Å². The lowest BCUT2D eigenvalue weighted by molar-refractivity contribution is 0.160. The molecule has 8 heteroatoms. The topological polar surface area (TPSA) is 80.1 Å². The van der Waals surface area contributed by atoms with Gasteiger partial charge in [-0.25, -0.2) is 0 Å². The average Bonchev–Trinajstić information content (AvgIpc) is 2.71. The first kappa shape index (κ1) is 20.2. The molecule has 1 aliphatic heterocycles. The number of nitrogens with zero attached hydrogens (tertiary/aromatic N) is 4. The molecule has 150 valence electrons. The largest absolute Gasteiger partial charge is 0.507 e. The Hall–Kier alpha value is -2.54. The van der Waals surface area contributed by atoms with E-state index >= 15 is 0 Å². The number of hydrogen-bond acceptors (Lipinski definition) is 7. The standard InChI is InChI=1S/C20H25ClN4O3/c1-2-28-22-14-16-3-4-17(13-18(16)26)27-12-9-15-7-10-25(11-8-15)20-6-5-19(21)23-24-20/h3-6,13-15,26H,2,7-12H2,1H3. The molecule has 1 aromatic heterocycles. The maximum Gasteiger partial charge on any atom is 0.151 e. The molecule has 28 heavy (non-hydrogen) atoms. The third-order valence-corrected chi connectivity index (χ3v) is 4.95. The van der Waals surface area contributed by atoms with E-state index in [1.165, 1.54) is 6.21 Å². The highest BCUT2D eigenvalue weighted by Crippen LogP contribution is 2.26. The second kappa shape index (κ2) is 10.1. The SMILES string of the molecule is CCON=Cc1ccc(OCCC2CCN(c3ccc(Cl)nn3)CC2)cc1O. The van der Waals surface area contributed by atoms with Gasteiger partial charge in [0.2, 0.25) is 0 Å². The van der Waals surface area contributed by atoms with E-state index in [4.69, 9.17) is 21.2 Å². The van der Waals surface area contributed by atoms with Crippen LogP contribution in [0.2, 0.25) is 5.15 Å². The highest BCUT2D eigenvalue weighted by atomic mass is 35.5. The number of aromatic hydroxyl groups is 1. The molecule has 0 unspecified atom stereocenters. The number of piperidine rings is 1. The number of oxime groups is 1. The van der Waals surface area contributed by atoms with Gasteiger partial charge in [-0.15, -0.1) is 10.2 Å². The fraction of sp³-hybridized carbons (Fsp3) is 0.450. The molecular weight excluding hydrogens is 380 g/mol. The number of ether oxygens (including phenoxy) is 1. The summed E-state index contributed by atoms with van der Waals surface area (Å²) in [5, 5.41) is 22.3. The normalized spacial score (nSPS) is 15.1. The van der Waals surface area contributed by atoms with Gasteiger partial charge >= 0.3 is 0 Å². The van der Waals surface area contributed by atoms with Crippen LogP contribution in [0.3, 0.4) is 0 Å². The van der Waals surface area contributed by atoms with Crippen LogP contribution in [0.4, 0.5) is 5.82 Å². The Morgan fingerprint density at radius 1 is 1.25 bits per heavy atom. The number of halogens is 1. The molecule has 3 rings (SSSR count). The van der Waals surface area contributed by atoms with Crippen LogP contribution in [-0.4, -0.2) is 47.8 Å². The van der Waals surface area contributed by atoms with Crippen molar-refractivity contribution in [1.82, 2.24) is 10.2 Å². The van der Waals surface area contributed by atoms with Crippen LogP contribution in [0.5, 0.6) is 11.5 Å². The minimum atomic E-state index is 0.123. The van der Waals surface area contributed by atoms with Crippen molar-refractivity contribution in [3.05, 3.63) is 41.0 Å². The highest BCUT2D eigenvalue weighted by molar-refractivity contribution is 6.29. The number of aromatic nitrogens is 2. The third kappa shape index (κ3) is 5.73. The molecule has 2 aromatic rings. The zero-order chi connectivity index (χ0) is 19.8. The van der Waals surface area contributed by atoms with Gasteiger partial charge < -0.3 is 19.6 Å². The summed E-state index contributed by atoms with van der Waals surface area (Å²) in [6.45, 7) is 4.87. The molecule has 1 aliphatic rings. The van der Waals surface area contributed by atoms with Gasteiger partial charge in [-0.05, 0) is 56.4 Å². The molecule has 1 N–H and O–H groups in total. The van der Waals surface area contributed by atoms with Gasteiger partial charge in [0.1, 0.15) is 18.1 Å². The fourth-order valence-corrected chi connectivity index (χ4v) is 3.26. The van der Waals surface area contributed by atoms with Crippen LogP contribution in [0.1, 0.15) is 31.7 Å². The Morgan fingerprint density at radius 2 is 2.07 bits per heavy atom. The quantitative estimate of drug-likeness (QED) is 0.531. The van der Waals surface area contributed by atoms with Crippen molar-refractivity contribution in [1.29, 1.82) is 0 Å². The molecule has 0 radical (unpaired) electrons. The smallest absolute Gasteiger partial charge is 0.151 e. The van der Waals surface area contributed by atoms with Gasteiger partial charge in [0.15, 0.2) is 11.0 Å². The van der Waals surface area contributed by atoms with Gasteiger partial charge in [-0.1, -0.05) is 16.8 Å². The van der Waals surface area contributed by atoms with Crippen molar-refractivity contribution >= 4 is 23.6 Å². The molecule has 1 fully saturated rings. The molecule has 2 heterocycles. The van der Waals surface area contributed by atoms with Crippen LogP contribution in [0.25, 0.3) is 0 Å². The molecule has 0 amide bonds. The van der Waals surface area contributed by atoms with Gasteiger partial charge in [-0.2, -0.15) is 0 Å². The molecule has 0 bridgehead atoms. The van der Waals surface area contributed by atoms with E-state index in [1.54, 1.807) is 18.2 Å². The summed E-state index contributed by atoms with van der Waals surface area (Å²) in [7, 11) is 0. The predicted octanol–water partition coefficient (Wildman–Crippen LogP) is 3.89. The Bertz CT molecular complexity index is 778. The summed E-state index contributed by atoms with van der Waals surface area (Å²) in [6.07, 6.45) is 4.65. The van der Waals surface area contributed by atoms with Gasteiger partial charge in [0.05, 0.1) is 12.8 Å². The van der Waals surface area contributed by atoms with E-state index in [9.17, 15) is 5.11 Å². The van der Waals surface area contributed by atoms with E-state index in [0.29, 0.717) is 35.6 Å². The molecular formula is C20H25ClN4O3. The van der Waals surface area contributed by atoms with Crippen LogP contribution < -0.4 is 9.64 Å². The van der Waals surface area contributed by atoms with Gasteiger partial charge in [0.25, 0.3) is 0 Å². The van der Waals surface area contributed by atoms with Gasteiger partial charge in [-0.3, -0.25) is 0 Å². The molecule has 0 aliphatic carbocycles. The Kier molecular flexibility index (Phi) is 7.31. The van der Waals surface area contributed by atoms with Crippen LogP contribution in [-0.2, 0) is 4.84 Å². The fourth-order valence-electron chi connectivity index (χ4n) is 3.16. The van der Waals surface area contributed by atoms with E-state index in [1.807, 2.05) is 19.1 Å². The predicted molar refractivity (Wildman–Crippen MR) is 109 cm³/mol. The summed E-state index contributed by atoms with van der Waals surface area (Å²) in [5.41, 5.74) is 0.596. The van der Waals surface area contributed by atoms with E-state index < -0.39 is 0 Å². The number of phenolic OH excluding ortho intramolecular Hbond substituents is 1.